The minimum atomic E-state index is -0.544. The van der Waals surface area contributed by atoms with E-state index < -0.39 is 5.54 Å². The van der Waals surface area contributed by atoms with Gasteiger partial charge in [-0.15, -0.1) is 0 Å². The molecule has 0 bridgehead atoms. The summed E-state index contributed by atoms with van der Waals surface area (Å²) < 4.78 is 5.09. The summed E-state index contributed by atoms with van der Waals surface area (Å²) in [6.07, 6.45) is 2.12. The number of hydrogen-bond acceptors (Lipinski definition) is 3. The first-order valence-electron chi connectivity index (χ1n) is 6.51. The number of aliphatic hydroxyl groups excluding tert-OH is 1. The van der Waals surface area contributed by atoms with Gasteiger partial charge in [0.05, 0.1) is 19.3 Å². The van der Waals surface area contributed by atoms with Crippen LogP contribution in [0.1, 0.15) is 32.3 Å². The zero-order chi connectivity index (χ0) is 14.3. The number of nitrogens with one attached hydrogen (secondary N) is 1. The average molecular weight is 265 g/mol. The molecule has 0 atom stereocenters. The van der Waals surface area contributed by atoms with Crippen molar-refractivity contribution < 1.29 is 14.6 Å². The number of amides is 1. The summed E-state index contributed by atoms with van der Waals surface area (Å²) in [5, 5.41) is 11.9. The first kappa shape index (κ1) is 15.5. The third-order valence-corrected chi connectivity index (χ3v) is 2.90. The molecule has 0 aliphatic carbocycles. The van der Waals surface area contributed by atoms with Crippen molar-refractivity contribution in [3.05, 3.63) is 29.8 Å². The van der Waals surface area contributed by atoms with Gasteiger partial charge in [-0.05, 0) is 44.4 Å². The topological polar surface area (TPSA) is 58.6 Å². The standard InChI is InChI=1S/C15H23NO3/c1-15(2,11-17)16-14(18)6-4-5-12-7-9-13(19-3)10-8-12/h7-10,17H,4-6,11H2,1-3H3,(H,16,18). The van der Waals surface area contributed by atoms with Crippen LogP contribution in [0.4, 0.5) is 0 Å². The molecule has 4 heteroatoms. The second-order valence-electron chi connectivity index (χ2n) is 5.29. The van der Waals surface area contributed by atoms with Gasteiger partial charge >= 0.3 is 0 Å². The normalized spacial score (nSPS) is 11.2. The van der Waals surface area contributed by atoms with Gasteiger partial charge in [-0.3, -0.25) is 4.79 Å². The molecule has 0 saturated heterocycles. The summed E-state index contributed by atoms with van der Waals surface area (Å²) in [7, 11) is 1.64. The van der Waals surface area contributed by atoms with Gasteiger partial charge in [0.25, 0.3) is 0 Å². The minimum absolute atomic E-state index is 0.0208. The van der Waals surface area contributed by atoms with Crippen LogP contribution in [0.5, 0.6) is 5.75 Å². The Morgan fingerprint density at radius 1 is 1.32 bits per heavy atom. The van der Waals surface area contributed by atoms with Crippen LogP contribution in [0.3, 0.4) is 0 Å². The molecular formula is C15H23NO3. The summed E-state index contributed by atoms with van der Waals surface area (Å²) >= 11 is 0. The number of hydrogen-bond donors (Lipinski definition) is 2. The summed E-state index contributed by atoms with van der Waals surface area (Å²) in [5.41, 5.74) is 0.645. The van der Waals surface area contributed by atoms with Crippen LogP contribution in [-0.2, 0) is 11.2 Å². The van der Waals surface area contributed by atoms with E-state index >= 15 is 0 Å². The van der Waals surface area contributed by atoms with Gasteiger partial charge in [-0.25, -0.2) is 0 Å². The molecule has 0 saturated carbocycles. The predicted octanol–water partition coefficient (Wildman–Crippen LogP) is 1.90. The van der Waals surface area contributed by atoms with E-state index in [9.17, 15) is 4.79 Å². The molecule has 1 amide bonds. The van der Waals surface area contributed by atoms with Crippen molar-refractivity contribution in [1.29, 1.82) is 0 Å². The lowest BCUT2D eigenvalue weighted by molar-refractivity contribution is -0.123. The van der Waals surface area contributed by atoms with E-state index in [0.29, 0.717) is 6.42 Å². The van der Waals surface area contributed by atoms with Gasteiger partial charge in [0.1, 0.15) is 5.75 Å². The number of ether oxygens (including phenoxy) is 1. The maximum atomic E-state index is 11.7. The smallest absolute Gasteiger partial charge is 0.220 e. The number of carbonyl (C=O) groups excluding carboxylic acids is 1. The van der Waals surface area contributed by atoms with E-state index in [1.54, 1.807) is 21.0 Å². The molecule has 0 radical (unpaired) electrons. The average Bonchev–Trinajstić information content (AvgIpc) is 2.39. The van der Waals surface area contributed by atoms with Gasteiger partial charge in [-0.2, -0.15) is 0 Å². The molecule has 0 aliphatic rings. The van der Waals surface area contributed by atoms with Crippen LogP contribution in [0, 0.1) is 0 Å². The first-order valence-corrected chi connectivity index (χ1v) is 6.51. The Bertz CT molecular complexity index is 398. The number of aryl methyl sites for hydroxylation is 1. The van der Waals surface area contributed by atoms with Crippen molar-refractivity contribution in [2.24, 2.45) is 0 Å². The molecule has 1 aromatic carbocycles. The third kappa shape index (κ3) is 5.75. The lowest BCUT2D eigenvalue weighted by Gasteiger charge is -2.23. The van der Waals surface area contributed by atoms with Crippen LogP contribution in [-0.4, -0.2) is 30.3 Å². The Balaban J connectivity index is 2.31. The molecule has 4 nitrogen and oxygen atoms in total. The fraction of sp³-hybridized carbons (Fsp3) is 0.533. The van der Waals surface area contributed by atoms with Crippen molar-refractivity contribution in [2.45, 2.75) is 38.6 Å². The van der Waals surface area contributed by atoms with E-state index in [1.807, 2.05) is 24.3 Å². The van der Waals surface area contributed by atoms with Crippen molar-refractivity contribution >= 4 is 5.91 Å². The molecule has 1 rings (SSSR count). The Morgan fingerprint density at radius 3 is 2.47 bits per heavy atom. The second kappa shape index (κ2) is 7.14. The Labute approximate surface area is 114 Å². The zero-order valence-corrected chi connectivity index (χ0v) is 11.9. The highest BCUT2D eigenvalue weighted by Crippen LogP contribution is 2.13. The summed E-state index contributed by atoms with van der Waals surface area (Å²) in [5.74, 6) is 0.818. The van der Waals surface area contributed by atoms with Crippen LogP contribution in [0.15, 0.2) is 24.3 Å². The summed E-state index contributed by atoms with van der Waals surface area (Å²) in [6.45, 7) is 3.54. The maximum Gasteiger partial charge on any atom is 0.220 e. The van der Waals surface area contributed by atoms with Gasteiger partial charge in [0.15, 0.2) is 0 Å². The maximum absolute atomic E-state index is 11.7. The lowest BCUT2D eigenvalue weighted by Crippen LogP contribution is -2.46. The van der Waals surface area contributed by atoms with Crippen molar-refractivity contribution in [1.82, 2.24) is 5.32 Å². The number of methoxy groups -OCH3 is 1. The second-order valence-corrected chi connectivity index (χ2v) is 5.29. The number of rotatable bonds is 7. The number of aliphatic hydroxyl groups is 1. The molecule has 0 fully saturated rings. The highest BCUT2D eigenvalue weighted by atomic mass is 16.5. The largest absolute Gasteiger partial charge is 0.497 e. The third-order valence-electron chi connectivity index (χ3n) is 2.90. The molecule has 0 aromatic heterocycles. The van der Waals surface area contributed by atoms with E-state index in [1.165, 1.54) is 5.56 Å². The lowest BCUT2D eigenvalue weighted by atomic mass is 10.1. The zero-order valence-electron chi connectivity index (χ0n) is 11.9. The van der Waals surface area contributed by atoms with Gasteiger partial charge < -0.3 is 15.2 Å². The first-order chi connectivity index (χ1) is 8.96. The fourth-order valence-corrected chi connectivity index (χ4v) is 1.72. The number of benzene rings is 1. The molecular weight excluding hydrogens is 242 g/mol. The monoisotopic (exact) mass is 265 g/mol. The molecule has 0 unspecified atom stereocenters. The Morgan fingerprint density at radius 2 is 1.95 bits per heavy atom. The van der Waals surface area contributed by atoms with Crippen LogP contribution < -0.4 is 10.1 Å². The Kier molecular flexibility index (Phi) is 5.83. The SMILES string of the molecule is COc1ccc(CCCC(=O)NC(C)(C)CO)cc1. The molecule has 0 spiro atoms. The van der Waals surface area contributed by atoms with Gasteiger partial charge in [-0.1, -0.05) is 12.1 Å². The quantitative estimate of drug-likeness (QED) is 0.791. The van der Waals surface area contributed by atoms with E-state index in [-0.39, 0.29) is 12.5 Å². The van der Waals surface area contributed by atoms with E-state index in [4.69, 9.17) is 9.84 Å². The van der Waals surface area contributed by atoms with E-state index in [0.717, 1.165) is 18.6 Å². The minimum Gasteiger partial charge on any atom is -0.497 e. The summed E-state index contributed by atoms with van der Waals surface area (Å²) in [6, 6.07) is 7.86. The highest BCUT2D eigenvalue weighted by molar-refractivity contribution is 5.76. The van der Waals surface area contributed by atoms with Crippen molar-refractivity contribution in [3.8, 4) is 5.75 Å². The molecule has 0 aliphatic heterocycles. The van der Waals surface area contributed by atoms with Gasteiger partial charge in [0.2, 0.25) is 5.91 Å². The molecule has 19 heavy (non-hydrogen) atoms. The molecule has 106 valence electrons. The van der Waals surface area contributed by atoms with Crippen molar-refractivity contribution in [2.75, 3.05) is 13.7 Å². The molecule has 2 N–H and O–H groups in total. The fourth-order valence-electron chi connectivity index (χ4n) is 1.72. The molecule has 0 heterocycles. The molecule has 1 aromatic rings. The number of carbonyl (C=O) groups is 1. The van der Waals surface area contributed by atoms with Crippen LogP contribution in [0.2, 0.25) is 0 Å². The summed E-state index contributed by atoms with van der Waals surface area (Å²) in [4.78, 5) is 11.7. The highest BCUT2D eigenvalue weighted by Gasteiger charge is 2.18. The van der Waals surface area contributed by atoms with Gasteiger partial charge in [0, 0.05) is 6.42 Å². The van der Waals surface area contributed by atoms with Crippen molar-refractivity contribution in [3.63, 3.8) is 0 Å². The van der Waals surface area contributed by atoms with Crippen LogP contribution >= 0.6 is 0 Å². The van der Waals surface area contributed by atoms with Crippen LogP contribution in [0.25, 0.3) is 0 Å². The Hall–Kier alpha value is -1.55. The predicted molar refractivity (Wildman–Crippen MR) is 75.2 cm³/mol. The van der Waals surface area contributed by atoms with E-state index in [2.05, 4.69) is 5.32 Å².